The fourth-order valence-electron chi connectivity index (χ4n) is 10.1. The van der Waals surface area contributed by atoms with Crippen molar-refractivity contribution in [2.45, 2.75) is 375 Å². The van der Waals surface area contributed by atoms with Crippen LogP contribution in [0.2, 0.25) is 0 Å². The topological polar surface area (TPSA) is 78.9 Å². The SMILES string of the molecule is CCCCCCCCCCCCCC(=O)OC[C@H](COC(=O)CCCCCCCCCCCCCCCCCCCCC(C)C)OC(=O)CCCCCCCCCCCCCCCCCCCCC(C)C. The van der Waals surface area contributed by atoms with Gasteiger partial charge in [-0.2, -0.15) is 0 Å². The molecule has 0 aromatic carbocycles. The van der Waals surface area contributed by atoms with Crippen LogP contribution in [0.1, 0.15) is 369 Å². The molecule has 0 heterocycles. The Labute approximate surface area is 444 Å². The molecule has 6 nitrogen and oxygen atoms in total. The molecular weight excluding hydrogens is 877 g/mol. The van der Waals surface area contributed by atoms with Gasteiger partial charge >= 0.3 is 17.9 Å². The summed E-state index contributed by atoms with van der Waals surface area (Å²) in [5.41, 5.74) is 0. The molecular formula is C65H126O6. The van der Waals surface area contributed by atoms with E-state index >= 15 is 0 Å². The lowest BCUT2D eigenvalue weighted by Gasteiger charge is -2.18. The Morgan fingerprint density at radius 2 is 0.465 bits per heavy atom. The Morgan fingerprint density at radius 3 is 0.690 bits per heavy atom. The van der Waals surface area contributed by atoms with Crippen LogP contribution in [-0.2, 0) is 28.6 Å². The van der Waals surface area contributed by atoms with Gasteiger partial charge in [0.2, 0.25) is 0 Å². The molecule has 0 spiro atoms. The third-order valence-corrected chi connectivity index (χ3v) is 15.0. The fraction of sp³-hybridized carbons (Fsp3) is 0.954. The van der Waals surface area contributed by atoms with Crippen molar-refractivity contribution in [3.05, 3.63) is 0 Å². The summed E-state index contributed by atoms with van der Waals surface area (Å²) in [4.78, 5) is 38.2. The number of rotatable bonds is 59. The molecule has 0 radical (unpaired) electrons. The Kier molecular flexibility index (Phi) is 56.4. The second-order valence-electron chi connectivity index (χ2n) is 23.4. The zero-order valence-corrected chi connectivity index (χ0v) is 48.9. The zero-order valence-electron chi connectivity index (χ0n) is 48.9. The second-order valence-corrected chi connectivity index (χ2v) is 23.4. The van der Waals surface area contributed by atoms with E-state index in [1.165, 1.54) is 257 Å². The van der Waals surface area contributed by atoms with E-state index in [0.717, 1.165) is 69.6 Å². The minimum Gasteiger partial charge on any atom is -0.462 e. The zero-order chi connectivity index (χ0) is 51.8. The van der Waals surface area contributed by atoms with Crippen LogP contribution in [0.3, 0.4) is 0 Å². The van der Waals surface area contributed by atoms with Crippen molar-refractivity contribution in [3.8, 4) is 0 Å². The average molecular weight is 1000 g/mol. The molecule has 0 amide bonds. The van der Waals surface area contributed by atoms with Crippen molar-refractivity contribution in [1.82, 2.24) is 0 Å². The van der Waals surface area contributed by atoms with Gasteiger partial charge in [0.15, 0.2) is 6.10 Å². The highest BCUT2D eigenvalue weighted by atomic mass is 16.6. The van der Waals surface area contributed by atoms with Crippen LogP contribution in [0.5, 0.6) is 0 Å². The first-order chi connectivity index (χ1) is 34.7. The molecule has 1 atom stereocenters. The molecule has 0 aliphatic carbocycles. The number of unbranched alkanes of at least 4 members (excludes halogenated alkanes) is 44. The van der Waals surface area contributed by atoms with Gasteiger partial charge < -0.3 is 14.2 Å². The van der Waals surface area contributed by atoms with E-state index in [0.29, 0.717) is 19.3 Å². The normalized spacial score (nSPS) is 12.0. The van der Waals surface area contributed by atoms with Crippen molar-refractivity contribution < 1.29 is 28.6 Å². The molecule has 71 heavy (non-hydrogen) atoms. The van der Waals surface area contributed by atoms with Gasteiger partial charge in [0.25, 0.3) is 0 Å². The van der Waals surface area contributed by atoms with Gasteiger partial charge in [0.05, 0.1) is 0 Å². The fourth-order valence-corrected chi connectivity index (χ4v) is 10.1. The predicted molar refractivity (Wildman–Crippen MR) is 307 cm³/mol. The number of hydrogen-bond donors (Lipinski definition) is 0. The van der Waals surface area contributed by atoms with Gasteiger partial charge in [-0.3, -0.25) is 14.4 Å². The molecule has 0 unspecified atom stereocenters. The van der Waals surface area contributed by atoms with Crippen molar-refractivity contribution in [3.63, 3.8) is 0 Å². The van der Waals surface area contributed by atoms with Crippen LogP contribution in [0.4, 0.5) is 0 Å². The van der Waals surface area contributed by atoms with Crippen LogP contribution < -0.4 is 0 Å². The van der Waals surface area contributed by atoms with Crippen molar-refractivity contribution >= 4 is 17.9 Å². The van der Waals surface area contributed by atoms with Crippen LogP contribution in [-0.4, -0.2) is 37.2 Å². The van der Waals surface area contributed by atoms with Crippen molar-refractivity contribution in [1.29, 1.82) is 0 Å². The van der Waals surface area contributed by atoms with Gasteiger partial charge in [-0.1, -0.05) is 330 Å². The van der Waals surface area contributed by atoms with E-state index in [4.69, 9.17) is 14.2 Å². The molecule has 0 aromatic rings. The molecule has 422 valence electrons. The summed E-state index contributed by atoms with van der Waals surface area (Å²) in [6, 6.07) is 0. The van der Waals surface area contributed by atoms with E-state index in [-0.39, 0.29) is 31.1 Å². The highest BCUT2D eigenvalue weighted by molar-refractivity contribution is 5.71. The van der Waals surface area contributed by atoms with Crippen LogP contribution in [0, 0.1) is 11.8 Å². The number of carbonyl (C=O) groups is 3. The first-order valence-corrected chi connectivity index (χ1v) is 32.2. The maximum absolute atomic E-state index is 12.9. The lowest BCUT2D eigenvalue weighted by molar-refractivity contribution is -0.167. The summed E-state index contributed by atoms with van der Waals surface area (Å²) in [6.07, 6.45) is 64.0. The number of esters is 3. The van der Waals surface area contributed by atoms with E-state index in [1.807, 2.05) is 0 Å². The van der Waals surface area contributed by atoms with E-state index in [2.05, 4.69) is 34.6 Å². The van der Waals surface area contributed by atoms with E-state index in [1.54, 1.807) is 0 Å². The lowest BCUT2D eigenvalue weighted by atomic mass is 10.0. The van der Waals surface area contributed by atoms with Gasteiger partial charge in [-0.25, -0.2) is 0 Å². The molecule has 0 rings (SSSR count). The summed E-state index contributed by atoms with van der Waals surface area (Å²) < 4.78 is 16.9. The van der Waals surface area contributed by atoms with Crippen molar-refractivity contribution in [2.75, 3.05) is 13.2 Å². The summed E-state index contributed by atoms with van der Waals surface area (Å²) in [6.45, 7) is 11.5. The smallest absolute Gasteiger partial charge is 0.306 e. The first-order valence-electron chi connectivity index (χ1n) is 32.2. The molecule has 6 heteroatoms. The van der Waals surface area contributed by atoms with E-state index < -0.39 is 6.10 Å². The highest BCUT2D eigenvalue weighted by Crippen LogP contribution is 2.19. The maximum Gasteiger partial charge on any atom is 0.306 e. The van der Waals surface area contributed by atoms with Crippen LogP contribution >= 0.6 is 0 Å². The quantitative estimate of drug-likeness (QED) is 0.0343. The molecule has 0 aliphatic rings. The highest BCUT2D eigenvalue weighted by Gasteiger charge is 2.19. The van der Waals surface area contributed by atoms with E-state index in [9.17, 15) is 14.4 Å². The van der Waals surface area contributed by atoms with Crippen LogP contribution in [0.15, 0.2) is 0 Å². The Balaban J connectivity index is 4.20. The minimum atomic E-state index is -0.763. The standard InChI is InChI=1S/C65H126O6/c1-6-7-8-9-10-11-28-35-40-45-50-55-63(66)69-58-62(71-65(68)57-52-47-42-37-32-27-23-19-15-13-17-21-25-30-34-39-44-49-54-61(4)5)59-70-64(67)56-51-46-41-36-31-26-22-18-14-12-16-20-24-29-33-38-43-48-53-60(2)3/h60-62H,6-59H2,1-5H3/t62-/m1/s1. The van der Waals surface area contributed by atoms with Gasteiger partial charge in [-0.05, 0) is 31.1 Å². The largest absolute Gasteiger partial charge is 0.462 e. The molecule has 0 saturated heterocycles. The molecule has 0 aliphatic heterocycles. The molecule has 0 fully saturated rings. The Morgan fingerprint density at radius 1 is 0.268 bits per heavy atom. The molecule has 0 aromatic heterocycles. The van der Waals surface area contributed by atoms with Crippen molar-refractivity contribution in [2.24, 2.45) is 11.8 Å². The summed E-state index contributed by atoms with van der Waals surface area (Å²) >= 11 is 0. The summed E-state index contributed by atoms with van der Waals surface area (Å²) in [5.74, 6) is 0.885. The predicted octanol–water partition coefficient (Wildman–Crippen LogP) is 21.6. The third kappa shape index (κ3) is 59.2. The lowest BCUT2D eigenvalue weighted by Crippen LogP contribution is -2.30. The van der Waals surface area contributed by atoms with Gasteiger partial charge in [0.1, 0.15) is 13.2 Å². The van der Waals surface area contributed by atoms with Gasteiger partial charge in [-0.15, -0.1) is 0 Å². The monoisotopic (exact) mass is 1000 g/mol. The molecule has 0 bridgehead atoms. The maximum atomic E-state index is 12.9. The minimum absolute atomic E-state index is 0.0618. The third-order valence-electron chi connectivity index (χ3n) is 15.0. The molecule has 0 N–H and O–H groups in total. The molecule has 0 saturated carbocycles. The van der Waals surface area contributed by atoms with Crippen LogP contribution in [0.25, 0.3) is 0 Å². The number of carbonyl (C=O) groups excluding carboxylic acids is 3. The second kappa shape index (κ2) is 57.7. The Hall–Kier alpha value is -1.59. The number of ether oxygens (including phenoxy) is 3. The summed E-state index contributed by atoms with van der Waals surface area (Å²) in [5, 5.41) is 0. The average Bonchev–Trinajstić information content (AvgIpc) is 3.35. The summed E-state index contributed by atoms with van der Waals surface area (Å²) in [7, 11) is 0. The Bertz CT molecular complexity index is 1090. The number of hydrogen-bond acceptors (Lipinski definition) is 6. The first kappa shape index (κ1) is 69.4. The van der Waals surface area contributed by atoms with Gasteiger partial charge in [0, 0.05) is 19.3 Å².